The maximum absolute atomic E-state index is 12.9. The van der Waals surface area contributed by atoms with Gasteiger partial charge in [0.05, 0.1) is 26.1 Å². The van der Waals surface area contributed by atoms with Crippen molar-refractivity contribution in [1.29, 1.82) is 0 Å². The van der Waals surface area contributed by atoms with Crippen LogP contribution in [0.2, 0.25) is 0 Å². The Kier molecular flexibility index (Phi) is 17.2. The van der Waals surface area contributed by atoms with E-state index in [-0.39, 0.29) is 17.9 Å². The highest BCUT2D eigenvalue weighted by Gasteiger charge is 2.42. The van der Waals surface area contributed by atoms with Gasteiger partial charge < -0.3 is 9.47 Å². The van der Waals surface area contributed by atoms with Crippen LogP contribution < -0.4 is 0 Å². The van der Waals surface area contributed by atoms with E-state index in [1.54, 1.807) is 0 Å². The summed E-state index contributed by atoms with van der Waals surface area (Å²) >= 11 is 0. The van der Waals surface area contributed by atoms with Crippen LogP contribution in [0.15, 0.2) is 69.9 Å². The summed E-state index contributed by atoms with van der Waals surface area (Å²) in [6.07, 6.45) is 23.1. The lowest BCUT2D eigenvalue weighted by atomic mass is 9.71. The smallest absolute Gasteiger partial charge is 0.310 e. The summed E-state index contributed by atoms with van der Waals surface area (Å²) in [5.41, 5.74) is 8.08. The Bertz CT molecular complexity index is 994. The molecule has 0 amide bonds. The molecule has 0 saturated heterocycles. The fourth-order valence-corrected chi connectivity index (χ4v) is 5.31. The molecule has 0 saturated carbocycles. The first-order valence-electron chi connectivity index (χ1n) is 15.1. The van der Waals surface area contributed by atoms with E-state index < -0.39 is 11.8 Å². The van der Waals surface area contributed by atoms with E-state index in [4.69, 9.17) is 9.47 Å². The molecule has 0 spiro atoms. The minimum absolute atomic E-state index is 0.0839. The number of allylic oxidation sites excluding steroid dienone is 12. The van der Waals surface area contributed by atoms with Gasteiger partial charge >= 0.3 is 11.9 Å². The van der Waals surface area contributed by atoms with Gasteiger partial charge in [-0.2, -0.15) is 0 Å². The van der Waals surface area contributed by atoms with Gasteiger partial charge in [0.1, 0.15) is 0 Å². The molecule has 0 aromatic heterocycles. The lowest BCUT2D eigenvalue weighted by Crippen LogP contribution is -2.39. The van der Waals surface area contributed by atoms with Crippen LogP contribution in [0.4, 0.5) is 0 Å². The molecule has 0 radical (unpaired) electrons. The SMILES string of the molecule is COC(=O)C1CC(CC/C=C(\C)CCC=C(C)C)=CC(C/C=C(\C)CC/C=C(\C)CCC=C(C)C)C1C(=O)OC. The summed E-state index contributed by atoms with van der Waals surface area (Å²) in [5, 5.41) is 0. The molecule has 1 rings (SSSR count). The van der Waals surface area contributed by atoms with Gasteiger partial charge in [0.15, 0.2) is 0 Å². The molecule has 0 heterocycles. The van der Waals surface area contributed by atoms with Crippen molar-refractivity contribution in [3.8, 4) is 0 Å². The zero-order valence-electron chi connectivity index (χ0n) is 26.9. The van der Waals surface area contributed by atoms with Gasteiger partial charge in [-0.1, -0.05) is 69.9 Å². The topological polar surface area (TPSA) is 52.6 Å². The van der Waals surface area contributed by atoms with Crippen molar-refractivity contribution in [3.05, 3.63) is 69.9 Å². The van der Waals surface area contributed by atoms with Crippen molar-refractivity contribution in [2.75, 3.05) is 14.2 Å². The second kappa shape index (κ2) is 19.5. The molecule has 40 heavy (non-hydrogen) atoms. The first-order chi connectivity index (χ1) is 19.0. The van der Waals surface area contributed by atoms with Gasteiger partial charge in [0.2, 0.25) is 0 Å². The molecule has 4 heteroatoms. The van der Waals surface area contributed by atoms with Gasteiger partial charge in [0.25, 0.3) is 0 Å². The van der Waals surface area contributed by atoms with E-state index in [0.29, 0.717) is 12.8 Å². The number of carbonyl (C=O) groups excluding carboxylic acids is 2. The van der Waals surface area contributed by atoms with Crippen LogP contribution in [0.3, 0.4) is 0 Å². The van der Waals surface area contributed by atoms with Crippen LogP contribution in [0.25, 0.3) is 0 Å². The Morgan fingerprint density at radius 2 is 1.18 bits per heavy atom. The van der Waals surface area contributed by atoms with E-state index in [9.17, 15) is 9.59 Å². The summed E-state index contributed by atoms with van der Waals surface area (Å²) < 4.78 is 10.3. The normalized spacial score (nSPS) is 20.0. The zero-order chi connectivity index (χ0) is 30.1. The highest BCUT2D eigenvalue weighted by Crippen LogP contribution is 2.39. The Morgan fingerprint density at radius 1 is 0.700 bits per heavy atom. The molecular weight excluding hydrogens is 496 g/mol. The highest BCUT2D eigenvalue weighted by molar-refractivity contribution is 5.83. The minimum Gasteiger partial charge on any atom is -0.469 e. The maximum Gasteiger partial charge on any atom is 0.310 e. The third-order valence-electron chi connectivity index (χ3n) is 7.71. The molecular formula is C36H56O4. The minimum atomic E-state index is -0.524. The molecule has 0 N–H and O–H groups in total. The van der Waals surface area contributed by atoms with Gasteiger partial charge in [-0.3, -0.25) is 9.59 Å². The van der Waals surface area contributed by atoms with Crippen LogP contribution >= 0.6 is 0 Å². The van der Waals surface area contributed by atoms with E-state index in [1.807, 2.05) is 0 Å². The zero-order valence-corrected chi connectivity index (χ0v) is 26.9. The van der Waals surface area contributed by atoms with E-state index >= 15 is 0 Å². The number of esters is 2. The molecule has 0 bridgehead atoms. The van der Waals surface area contributed by atoms with Crippen LogP contribution in [0.1, 0.15) is 113 Å². The van der Waals surface area contributed by atoms with Crippen LogP contribution in [-0.2, 0) is 19.1 Å². The van der Waals surface area contributed by atoms with E-state index in [1.165, 1.54) is 47.7 Å². The van der Waals surface area contributed by atoms with Crippen molar-refractivity contribution in [2.45, 2.75) is 113 Å². The molecule has 0 fully saturated rings. The Labute approximate surface area is 245 Å². The van der Waals surface area contributed by atoms with Gasteiger partial charge in [-0.15, -0.1) is 0 Å². The third-order valence-corrected chi connectivity index (χ3v) is 7.71. The second-order valence-electron chi connectivity index (χ2n) is 12.0. The molecule has 224 valence electrons. The van der Waals surface area contributed by atoms with E-state index in [0.717, 1.165) is 51.4 Å². The summed E-state index contributed by atoms with van der Waals surface area (Å²) in [7, 11) is 2.81. The van der Waals surface area contributed by atoms with Crippen molar-refractivity contribution < 1.29 is 19.1 Å². The van der Waals surface area contributed by atoms with E-state index in [2.05, 4.69) is 84.9 Å². The predicted octanol–water partition coefficient (Wildman–Crippen LogP) is 9.79. The Morgan fingerprint density at radius 3 is 1.68 bits per heavy atom. The van der Waals surface area contributed by atoms with Crippen molar-refractivity contribution >= 4 is 11.9 Å². The number of hydrogen-bond acceptors (Lipinski definition) is 4. The lowest BCUT2D eigenvalue weighted by Gasteiger charge is -2.33. The largest absolute Gasteiger partial charge is 0.469 e. The number of rotatable bonds is 16. The lowest BCUT2D eigenvalue weighted by molar-refractivity contribution is -0.159. The molecule has 1 aliphatic rings. The molecule has 3 atom stereocenters. The van der Waals surface area contributed by atoms with Crippen molar-refractivity contribution in [1.82, 2.24) is 0 Å². The molecule has 1 aliphatic carbocycles. The fraction of sp³-hybridized carbons (Fsp3) is 0.611. The summed E-state index contributed by atoms with van der Waals surface area (Å²) in [6, 6.07) is 0. The average molecular weight is 553 g/mol. The van der Waals surface area contributed by atoms with Crippen LogP contribution in [0, 0.1) is 17.8 Å². The average Bonchev–Trinajstić information content (AvgIpc) is 2.90. The second-order valence-corrected chi connectivity index (χ2v) is 12.0. The predicted molar refractivity (Wildman–Crippen MR) is 169 cm³/mol. The molecule has 0 aliphatic heterocycles. The third kappa shape index (κ3) is 14.1. The quantitative estimate of drug-likeness (QED) is 0.141. The first kappa shape index (κ1) is 35.4. The standard InChI is InChI=1S/C36H56O4/c1-26(2)14-10-16-28(5)18-12-19-30(7)22-23-32-24-31(21-13-20-29(6)17-11-15-27(3)4)25-33(35(37)39-8)34(32)36(38)40-9/h14-15,18,20,22,24,32-34H,10-13,16-17,19,21,23,25H2,1-9H3/b28-18+,29-20+,30-22+. The number of ether oxygens (including phenoxy) is 2. The Balaban J connectivity index is 2.97. The Hall–Kier alpha value is -2.62. The van der Waals surface area contributed by atoms with Gasteiger partial charge in [0, 0.05) is 0 Å². The number of methoxy groups -OCH3 is 2. The number of carbonyl (C=O) groups is 2. The first-order valence-corrected chi connectivity index (χ1v) is 15.1. The fourth-order valence-electron chi connectivity index (χ4n) is 5.31. The van der Waals surface area contributed by atoms with Crippen molar-refractivity contribution in [2.24, 2.45) is 17.8 Å². The molecule has 0 aromatic carbocycles. The molecule has 4 nitrogen and oxygen atoms in total. The highest BCUT2D eigenvalue weighted by atomic mass is 16.5. The monoisotopic (exact) mass is 552 g/mol. The molecule has 3 unspecified atom stereocenters. The summed E-state index contributed by atoms with van der Waals surface area (Å²) in [6.45, 7) is 15.1. The van der Waals surface area contributed by atoms with Gasteiger partial charge in [-0.05, 0) is 119 Å². The van der Waals surface area contributed by atoms with Gasteiger partial charge in [-0.25, -0.2) is 0 Å². The van der Waals surface area contributed by atoms with Crippen molar-refractivity contribution in [3.63, 3.8) is 0 Å². The van der Waals surface area contributed by atoms with Crippen LogP contribution in [-0.4, -0.2) is 26.2 Å². The molecule has 0 aromatic rings. The maximum atomic E-state index is 12.9. The summed E-state index contributed by atoms with van der Waals surface area (Å²) in [5.74, 6) is -1.77. The number of hydrogen-bond donors (Lipinski definition) is 0. The van der Waals surface area contributed by atoms with Crippen LogP contribution in [0.5, 0.6) is 0 Å². The summed E-state index contributed by atoms with van der Waals surface area (Å²) in [4.78, 5) is 25.7.